The van der Waals surface area contributed by atoms with Crippen LogP contribution >= 0.6 is 0 Å². The largest absolute Gasteiger partial charge is 0.379 e. The smallest absolute Gasteiger partial charge is 0.0809 e. The topological polar surface area (TPSA) is 33.7 Å². The van der Waals surface area contributed by atoms with Crippen LogP contribution in [0.2, 0.25) is 0 Å². The van der Waals surface area contributed by atoms with Crippen molar-refractivity contribution in [3.05, 3.63) is 0 Å². The number of ether oxygens (including phenoxy) is 2. The highest BCUT2D eigenvalue weighted by Gasteiger charge is 2.20. The van der Waals surface area contributed by atoms with Gasteiger partial charge in [0.25, 0.3) is 0 Å². The molecular formula is C16H32N2O2. The molecule has 4 nitrogen and oxygen atoms in total. The standard InChI is InChI=1S/C16H32N2O2/c1-14(2)18-9-6-15(7-10-18)17-8-4-11-19-13-16-5-3-12-20-16/h14-17H,3-13H2,1-2H3. The van der Waals surface area contributed by atoms with Crippen LogP contribution in [0.15, 0.2) is 0 Å². The molecule has 2 aliphatic heterocycles. The molecule has 2 saturated heterocycles. The quantitative estimate of drug-likeness (QED) is 0.692. The van der Waals surface area contributed by atoms with Crippen LogP contribution in [0.5, 0.6) is 0 Å². The van der Waals surface area contributed by atoms with Gasteiger partial charge in [-0.1, -0.05) is 0 Å². The van der Waals surface area contributed by atoms with Gasteiger partial charge in [-0.15, -0.1) is 0 Å². The molecular weight excluding hydrogens is 252 g/mol. The molecule has 2 fully saturated rings. The summed E-state index contributed by atoms with van der Waals surface area (Å²) in [6.07, 6.45) is 6.42. The van der Waals surface area contributed by atoms with Crippen molar-refractivity contribution in [1.29, 1.82) is 0 Å². The van der Waals surface area contributed by atoms with E-state index in [0.29, 0.717) is 18.2 Å². The molecule has 0 aromatic rings. The fraction of sp³-hybridized carbons (Fsp3) is 1.00. The number of hydrogen-bond donors (Lipinski definition) is 1. The molecule has 2 heterocycles. The molecule has 0 radical (unpaired) electrons. The fourth-order valence-electron chi connectivity index (χ4n) is 3.09. The molecule has 20 heavy (non-hydrogen) atoms. The van der Waals surface area contributed by atoms with Crippen molar-refractivity contribution in [1.82, 2.24) is 10.2 Å². The fourth-order valence-corrected chi connectivity index (χ4v) is 3.09. The van der Waals surface area contributed by atoms with Gasteiger partial charge in [-0.05, 0) is 65.6 Å². The minimum absolute atomic E-state index is 0.364. The summed E-state index contributed by atoms with van der Waals surface area (Å²) in [4.78, 5) is 2.57. The number of rotatable bonds is 8. The number of nitrogens with zero attached hydrogens (tertiary/aromatic N) is 1. The maximum absolute atomic E-state index is 5.68. The van der Waals surface area contributed by atoms with E-state index >= 15 is 0 Å². The van der Waals surface area contributed by atoms with Crippen LogP contribution in [0, 0.1) is 0 Å². The number of nitrogens with one attached hydrogen (secondary N) is 1. The Hall–Kier alpha value is -0.160. The lowest BCUT2D eigenvalue weighted by Crippen LogP contribution is -2.45. The van der Waals surface area contributed by atoms with Gasteiger partial charge in [0.05, 0.1) is 12.7 Å². The Morgan fingerprint density at radius 3 is 2.70 bits per heavy atom. The van der Waals surface area contributed by atoms with Gasteiger partial charge in [-0.2, -0.15) is 0 Å². The Morgan fingerprint density at radius 2 is 2.05 bits per heavy atom. The minimum Gasteiger partial charge on any atom is -0.379 e. The zero-order chi connectivity index (χ0) is 14.2. The molecule has 1 atom stereocenters. The lowest BCUT2D eigenvalue weighted by atomic mass is 10.0. The molecule has 0 aliphatic carbocycles. The van der Waals surface area contributed by atoms with E-state index in [1.165, 1.54) is 38.8 Å². The van der Waals surface area contributed by atoms with E-state index in [0.717, 1.165) is 32.8 Å². The maximum atomic E-state index is 5.68. The Morgan fingerprint density at radius 1 is 1.25 bits per heavy atom. The molecule has 0 amide bonds. The van der Waals surface area contributed by atoms with Gasteiger partial charge in [0.1, 0.15) is 0 Å². The van der Waals surface area contributed by atoms with Crippen molar-refractivity contribution in [2.24, 2.45) is 0 Å². The Kier molecular flexibility index (Phi) is 7.28. The lowest BCUT2D eigenvalue weighted by Gasteiger charge is -2.35. The first-order valence-corrected chi connectivity index (χ1v) is 8.42. The molecule has 0 aromatic heterocycles. The molecule has 1 unspecified atom stereocenters. The summed E-state index contributed by atoms with van der Waals surface area (Å²) in [5.41, 5.74) is 0. The highest BCUT2D eigenvalue weighted by molar-refractivity contribution is 4.78. The highest BCUT2D eigenvalue weighted by Crippen LogP contribution is 2.13. The van der Waals surface area contributed by atoms with Crippen LogP contribution in [-0.2, 0) is 9.47 Å². The van der Waals surface area contributed by atoms with E-state index in [9.17, 15) is 0 Å². The average Bonchev–Trinajstić information content (AvgIpc) is 2.96. The molecule has 0 aromatic carbocycles. The van der Waals surface area contributed by atoms with Crippen LogP contribution in [0.4, 0.5) is 0 Å². The Balaban J connectivity index is 1.41. The van der Waals surface area contributed by atoms with Crippen molar-refractivity contribution in [3.8, 4) is 0 Å². The summed E-state index contributed by atoms with van der Waals surface area (Å²) in [7, 11) is 0. The second kappa shape index (κ2) is 8.98. The molecule has 4 heteroatoms. The summed E-state index contributed by atoms with van der Waals surface area (Å²) in [6.45, 7) is 10.7. The number of piperidine rings is 1. The average molecular weight is 284 g/mol. The van der Waals surface area contributed by atoms with Crippen LogP contribution in [-0.4, -0.2) is 62.5 Å². The van der Waals surface area contributed by atoms with E-state index in [1.807, 2.05) is 0 Å². The van der Waals surface area contributed by atoms with E-state index in [2.05, 4.69) is 24.1 Å². The summed E-state index contributed by atoms with van der Waals surface area (Å²) in [6, 6.07) is 1.41. The summed E-state index contributed by atoms with van der Waals surface area (Å²) in [5, 5.41) is 3.67. The summed E-state index contributed by atoms with van der Waals surface area (Å²) >= 11 is 0. The van der Waals surface area contributed by atoms with Crippen LogP contribution in [0.3, 0.4) is 0 Å². The normalized spacial score (nSPS) is 25.6. The third-order valence-corrected chi connectivity index (χ3v) is 4.49. The Bertz CT molecular complexity index is 247. The molecule has 2 aliphatic rings. The maximum Gasteiger partial charge on any atom is 0.0809 e. The van der Waals surface area contributed by atoms with Gasteiger partial charge >= 0.3 is 0 Å². The molecule has 118 valence electrons. The monoisotopic (exact) mass is 284 g/mol. The van der Waals surface area contributed by atoms with Crippen molar-refractivity contribution >= 4 is 0 Å². The summed E-state index contributed by atoms with van der Waals surface area (Å²) < 4.78 is 11.2. The van der Waals surface area contributed by atoms with Gasteiger partial charge in [0.2, 0.25) is 0 Å². The first kappa shape index (κ1) is 16.2. The Labute approximate surface area is 124 Å². The van der Waals surface area contributed by atoms with Crippen molar-refractivity contribution < 1.29 is 9.47 Å². The molecule has 1 N–H and O–H groups in total. The number of likely N-dealkylation sites (tertiary alicyclic amines) is 1. The molecule has 2 rings (SSSR count). The predicted octanol–water partition coefficient (Wildman–Crippen LogP) is 2.03. The second-order valence-corrected chi connectivity index (χ2v) is 6.42. The molecule has 0 saturated carbocycles. The molecule has 0 bridgehead atoms. The van der Waals surface area contributed by atoms with E-state index in [4.69, 9.17) is 9.47 Å². The van der Waals surface area contributed by atoms with Crippen LogP contribution in [0.1, 0.15) is 46.0 Å². The first-order chi connectivity index (χ1) is 9.75. The van der Waals surface area contributed by atoms with Crippen LogP contribution < -0.4 is 5.32 Å². The van der Waals surface area contributed by atoms with E-state index in [1.54, 1.807) is 0 Å². The SMILES string of the molecule is CC(C)N1CCC(NCCCOCC2CCCO2)CC1. The predicted molar refractivity (Wildman–Crippen MR) is 82.1 cm³/mol. The van der Waals surface area contributed by atoms with Gasteiger partial charge < -0.3 is 19.7 Å². The third-order valence-electron chi connectivity index (χ3n) is 4.49. The number of hydrogen-bond acceptors (Lipinski definition) is 4. The van der Waals surface area contributed by atoms with Gasteiger partial charge in [0.15, 0.2) is 0 Å². The summed E-state index contributed by atoms with van der Waals surface area (Å²) in [5.74, 6) is 0. The third kappa shape index (κ3) is 5.68. The van der Waals surface area contributed by atoms with E-state index < -0.39 is 0 Å². The van der Waals surface area contributed by atoms with Crippen molar-refractivity contribution in [3.63, 3.8) is 0 Å². The molecule has 0 spiro atoms. The van der Waals surface area contributed by atoms with Crippen molar-refractivity contribution in [2.45, 2.75) is 64.1 Å². The second-order valence-electron chi connectivity index (χ2n) is 6.42. The minimum atomic E-state index is 0.364. The van der Waals surface area contributed by atoms with Gasteiger partial charge in [-0.25, -0.2) is 0 Å². The van der Waals surface area contributed by atoms with Crippen LogP contribution in [0.25, 0.3) is 0 Å². The van der Waals surface area contributed by atoms with Gasteiger partial charge in [0, 0.05) is 25.3 Å². The first-order valence-electron chi connectivity index (χ1n) is 8.42. The zero-order valence-electron chi connectivity index (χ0n) is 13.3. The van der Waals surface area contributed by atoms with Crippen molar-refractivity contribution in [2.75, 3.05) is 39.5 Å². The van der Waals surface area contributed by atoms with E-state index in [-0.39, 0.29) is 0 Å². The highest BCUT2D eigenvalue weighted by atomic mass is 16.5. The van der Waals surface area contributed by atoms with Gasteiger partial charge in [-0.3, -0.25) is 0 Å². The zero-order valence-corrected chi connectivity index (χ0v) is 13.3. The lowest BCUT2D eigenvalue weighted by molar-refractivity contribution is 0.0164.